The number of fused-ring (bicyclic) bond motifs is 1. The summed E-state index contributed by atoms with van der Waals surface area (Å²) in [7, 11) is 0. The summed E-state index contributed by atoms with van der Waals surface area (Å²) in [5.74, 6) is -3.11. The molecule has 0 bridgehead atoms. The number of nitrogens with one attached hydrogen (secondary N) is 3. The fourth-order valence-corrected chi connectivity index (χ4v) is 1.43. The molecule has 0 radical (unpaired) electrons. The molecule has 2 aliphatic heterocycles. The minimum atomic E-state index is -1.51. The lowest BCUT2D eigenvalue weighted by Gasteiger charge is -2.25. The predicted octanol–water partition coefficient (Wildman–Crippen LogP) is -2.68. The molecule has 19 heavy (non-hydrogen) atoms. The standard InChI is InChI=1S/C9H8N6O4/c10-2(8(18)19)1-3-6(16)13-4-5(12-3)14-9(11)15-7(4)17/h1,4,10H,(H,13,16)(H,18,19)(H3,11,12,14,15,17)/t4-/m0/s1. The van der Waals surface area contributed by atoms with Crippen molar-refractivity contribution in [2.45, 2.75) is 6.04 Å². The smallest absolute Gasteiger partial charge is 0.353 e. The van der Waals surface area contributed by atoms with Crippen molar-refractivity contribution in [2.24, 2.45) is 15.7 Å². The van der Waals surface area contributed by atoms with Crippen LogP contribution in [0.1, 0.15) is 0 Å². The number of amidine groups is 1. The normalized spacial score (nSPS) is 23.8. The van der Waals surface area contributed by atoms with Crippen molar-refractivity contribution in [3.63, 3.8) is 0 Å². The summed E-state index contributed by atoms with van der Waals surface area (Å²) >= 11 is 0. The highest BCUT2D eigenvalue weighted by molar-refractivity contribution is 6.40. The van der Waals surface area contributed by atoms with E-state index in [9.17, 15) is 14.4 Å². The van der Waals surface area contributed by atoms with E-state index < -0.39 is 29.5 Å². The Hall–Kier alpha value is -3.04. The lowest BCUT2D eigenvalue weighted by Crippen LogP contribution is -2.59. The summed E-state index contributed by atoms with van der Waals surface area (Å²) in [5, 5.41) is 20.2. The summed E-state index contributed by atoms with van der Waals surface area (Å²) in [4.78, 5) is 41.1. The van der Waals surface area contributed by atoms with E-state index in [1.54, 1.807) is 0 Å². The van der Waals surface area contributed by atoms with Crippen LogP contribution in [0, 0.1) is 5.41 Å². The van der Waals surface area contributed by atoms with Gasteiger partial charge in [-0.1, -0.05) is 0 Å². The van der Waals surface area contributed by atoms with Crippen molar-refractivity contribution >= 4 is 35.3 Å². The van der Waals surface area contributed by atoms with Gasteiger partial charge in [0, 0.05) is 6.08 Å². The molecule has 98 valence electrons. The van der Waals surface area contributed by atoms with Gasteiger partial charge < -0.3 is 16.2 Å². The Morgan fingerprint density at radius 1 is 1.42 bits per heavy atom. The number of carboxylic acid groups (broad SMARTS) is 1. The van der Waals surface area contributed by atoms with Gasteiger partial charge in [-0.25, -0.2) is 9.79 Å². The first-order valence-corrected chi connectivity index (χ1v) is 4.96. The van der Waals surface area contributed by atoms with E-state index in [0.29, 0.717) is 0 Å². The minimum absolute atomic E-state index is 0.0645. The number of hydrogen-bond acceptors (Lipinski definition) is 7. The second-order valence-corrected chi connectivity index (χ2v) is 3.61. The summed E-state index contributed by atoms with van der Waals surface area (Å²) in [6, 6.07) is -1.07. The van der Waals surface area contributed by atoms with Crippen LogP contribution in [0.15, 0.2) is 21.8 Å². The molecule has 2 rings (SSSR count). The number of carboxylic acids is 1. The van der Waals surface area contributed by atoms with Gasteiger partial charge in [-0.3, -0.25) is 20.3 Å². The Kier molecular flexibility index (Phi) is 2.83. The highest BCUT2D eigenvalue weighted by Gasteiger charge is 2.35. The Labute approximate surface area is 105 Å². The van der Waals surface area contributed by atoms with Gasteiger partial charge in [-0.05, 0) is 0 Å². The molecule has 2 heterocycles. The molecule has 0 fully saturated rings. The van der Waals surface area contributed by atoms with Crippen LogP contribution >= 0.6 is 0 Å². The number of hydrogen-bond donors (Lipinski definition) is 5. The molecule has 0 aromatic rings. The van der Waals surface area contributed by atoms with Crippen molar-refractivity contribution in [2.75, 3.05) is 0 Å². The average molecular weight is 264 g/mol. The van der Waals surface area contributed by atoms with E-state index in [-0.39, 0.29) is 17.5 Å². The maximum Gasteiger partial charge on any atom is 0.353 e. The molecule has 0 aliphatic carbocycles. The Morgan fingerprint density at radius 3 is 2.74 bits per heavy atom. The molecule has 2 aliphatic rings. The SMILES string of the molecule is N=C(C=C1N=C2N=C(N)NC(=O)[C@H]2NC1=O)C(=O)O. The van der Waals surface area contributed by atoms with E-state index in [1.807, 2.05) is 0 Å². The Morgan fingerprint density at radius 2 is 2.11 bits per heavy atom. The molecule has 10 heteroatoms. The summed E-state index contributed by atoms with van der Waals surface area (Å²) in [5.41, 5.74) is 4.19. The zero-order chi connectivity index (χ0) is 14.2. The molecule has 10 nitrogen and oxygen atoms in total. The van der Waals surface area contributed by atoms with Crippen molar-refractivity contribution in [3.05, 3.63) is 11.8 Å². The van der Waals surface area contributed by atoms with Crippen molar-refractivity contribution in [1.82, 2.24) is 10.6 Å². The number of rotatable bonds is 2. The van der Waals surface area contributed by atoms with Gasteiger partial charge in [0.1, 0.15) is 11.4 Å². The fourth-order valence-electron chi connectivity index (χ4n) is 1.43. The van der Waals surface area contributed by atoms with Gasteiger partial charge >= 0.3 is 5.97 Å². The third-order valence-corrected chi connectivity index (χ3v) is 2.26. The first-order chi connectivity index (χ1) is 8.88. The maximum absolute atomic E-state index is 11.6. The molecule has 0 saturated carbocycles. The van der Waals surface area contributed by atoms with Crippen LogP contribution in [0.3, 0.4) is 0 Å². The molecule has 0 unspecified atom stereocenters. The monoisotopic (exact) mass is 264 g/mol. The molecule has 0 spiro atoms. The van der Waals surface area contributed by atoms with E-state index >= 15 is 0 Å². The van der Waals surface area contributed by atoms with Gasteiger partial charge in [-0.15, -0.1) is 0 Å². The average Bonchev–Trinajstić information content (AvgIpc) is 2.31. The van der Waals surface area contributed by atoms with E-state index in [0.717, 1.165) is 6.08 Å². The van der Waals surface area contributed by atoms with E-state index in [1.165, 1.54) is 0 Å². The quantitative estimate of drug-likeness (QED) is 0.270. The van der Waals surface area contributed by atoms with Crippen molar-refractivity contribution < 1.29 is 19.5 Å². The van der Waals surface area contributed by atoms with Crippen LogP contribution in [0.5, 0.6) is 0 Å². The first kappa shape index (κ1) is 12.4. The second kappa shape index (κ2) is 4.33. The summed E-state index contributed by atoms with van der Waals surface area (Å²) in [6.07, 6.45) is 0.763. The number of carbonyl (C=O) groups excluding carboxylic acids is 2. The van der Waals surface area contributed by atoms with Crippen LogP contribution in [0.2, 0.25) is 0 Å². The zero-order valence-corrected chi connectivity index (χ0v) is 9.30. The largest absolute Gasteiger partial charge is 0.477 e. The fraction of sp³-hybridized carbons (Fsp3) is 0.111. The molecule has 2 amide bonds. The van der Waals surface area contributed by atoms with Gasteiger partial charge in [-0.2, -0.15) is 4.99 Å². The third kappa shape index (κ3) is 2.31. The Bertz CT molecular complexity index is 602. The predicted molar refractivity (Wildman–Crippen MR) is 62.6 cm³/mol. The first-order valence-electron chi connectivity index (χ1n) is 4.96. The second-order valence-electron chi connectivity index (χ2n) is 3.61. The third-order valence-electron chi connectivity index (χ3n) is 2.26. The van der Waals surface area contributed by atoms with E-state index in [4.69, 9.17) is 16.2 Å². The number of aliphatic carboxylic acids is 1. The Balaban J connectivity index is 2.42. The lowest BCUT2D eigenvalue weighted by molar-refractivity contribution is -0.129. The number of nitrogens with zero attached hydrogens (tertiary/aromatic N) is 2. The number of aliphatic imine (C=N–C) groups is 2. The van der Waals surface area contributed by atoms with Crippen LogP contribution in [0.4, 0.5) is 0 Å². The highest BCUT2D eigenvalue weighted by atomic mass is 16.4. The summed E-state index contributed by atoms with van der Waals surface area (Å²) in [6.45, 7) is 0. The molecule has 0 saturated heterocycles. The topological polar surface area (TPSA) is 170 Å². The van der Waals surface area contributed by atoms with Crippen molar-refractivity contribution in [1.29, 1.82) is 5.41 Å². The number of carbonyl (C=O) groups is 3. The van der Waals surface area contributed by atoms with Gasteiger partial charge in [0.25, 0.3) is 11.8 Å². The molecular formula is C9H8N6O4. The van der Waals surface area contributed by atoms with Gasteiger partial charge in [0.15, 0.2) is 11.9 Å². The summed E-state index contributed by atoms with van der Waals surface area (Å²) < 4.78 is 0. The molecule has 0 aromatic heterocycles. The zero-order valence-electron chi connectivity index (χ0n) is 9.30. The maximum atomic E-state index is 11.6. The van der Waals surface area contributed by atoms with Crippen LogP contribution in [0.25, 0.3) is 0 Å². The highest BCUT2D eigenvalue weighted by Crippen LogP contribution is 2.11. The van der Waals surface area contributed by atoms with Crippen molar-refractivity contribution in [3.8, 4) is 0 Å². The molecule has 1 atom stereocenters. The van der Waals surface area contributed by atoms with E-state index in [2.05, 4.69) is 20.6 Å². The van der Waals surface area contributed by atoms with Crippen LogP contribution < -0.4 is 16.4 Å². The van der Waals surface area contributed by atoms with Gasteiger partial charge in [0.2, 0.25) is 5.96 Å². The molecule has 6 N–H and O–H groups in total. The number of guanidine groups is 1. The van der Waals surface area contributed by atoms with Gasteiger partial charge in [0.05, 0.1) is 0 Å². The molecular weight excluding hydrogens is 256 g/mol. The molecule has 0 aromatic carbocycles. The van der Waals surface area contributed by atoms with Crippen LogP contribution in [-0.2, 0) is 14.4 Å². The lowest BCUT2D eigenvalue weighted by atomic mass is 10.1. The number of nitrogens with two attached hydrogens (primary N) is 1. The number of amides is 2. The van der Waals surface area contributed by atoms with Crippen LogP contribution in [-0.4, -0.2) is 46.4 Å². The minimum Gasteiger partial charge on any atom is -0.477 e.